The van der Waals surface area contributed by atoms with Gasteiger partial charge in [-0.15, -0.1) is 0 Å². The van der Waals surface area contributed by atoms with E-state index in [0.29, 0.717) is 0 Å². The zero-order valence-corrected chi connectivity index (χ0v) is 12.7. The third-order valence-electron chi connectivity index (χ3n) is 4.81. The van der Waals surface area contributed by atoms with Crippen LogP contribution in [0.25, 0.3) is 11.1 Å². The van der Waals surface area contributed by atoms with Gasteiger partial charge in [-0.1, -0.05) is 81.6 Å². The lowest BCUT2D eigenvalue weighted by Crippen LogP contribution is -2.25. The van der Waals surface area contributed by atoms with Gasteiger partial charge in [0.2, 0.25) is 0 Å². The maximum atomic E-state index is 2.36. The van der Waals surface area contributed by atoms with Crippen molar-refractivity contribution >= 4 is 0 Å². The van der Waals surface area contributed by atoms with Gasteiger partial charge in [-0.05, 0) is 35.1 Å². The van der Waals surface area contributed by atoms with Gasteiger partial charge in [0.25, 0.3) is 0 Å². The van der Waals surface area contributed by atoms with Crippen molar-refractivity contribution in [2.24, 2.45) is 0 Å². The molecule has 0 amide bonds. The van der Waals surface area contributed by atoms with Crippen LogP contribution in [0.15, 0.2) is 48.5 Å². The Morgan fingerprint density at radius 3 is 1.75 bits per heavy atom. The van der Waals surface area contributed by atoms with E-state index in [1.165, 1.54) is 43.2 Å². The Morgan fingerprint density at radius 1 is 0.700 bits per heavy atom. The number of rotatable bonds is 5. The van der Waals surface area contributed by atoms with Gasteiger partial charge in [0.15, 0.2) is 0 Å². The van der Waals surface area contributed by atoms with E-state index < -0.39 is 0 Å². The Bertz CT molecular complexity index is 549. The summed E-state index contributed by atoms with van der Waals surface area (Å²) < 4.78 is 0. The molecule has 0 N–H and O–H groups in total. The molecule has 0 unspecified atom stereocenters. The molecule has 0 fully saturated rings. The monoisotopic (exact) mass is 264 g/mol. The molecule has 20 heavy (non-hydrogen) atoms. The fraction of sp³-hybridized carbons (Fsp3) is 0.400. The lowest BCUT2D eigenvalue weighted by molar-refractivity contribution is 0.424. The van der Waals surface area contributed by atoms with Crippen LogP contribution in [-0.4, -0.2) is 0 Å². The first-order chi connectivity index (χ1) is 9.83. The van der Waals surface area contributed by atoms with Crippen LogP contribution in [0.4, 0.5) is 0 Å². The summed E-state index contributed by atoms with van der Waals surface area (Å²) >= 11 is 0. The van der Waals surface area contributed by atoms with Crippen molar-refractivity contribution < 1.29 is 0 Å². The number of benzene rings is 2. The smallest absolute Gasteiger partial charge is 0.0215 e. The van der Waals surface area contributed by atoms with E-state index in [9.17, 15) is 0 Å². The highest BCUT2D eigenvalue weighted by atomic mass is 14.4. The molecule has 0 nitrogen and oxygen atoms in total. The van der Waals surface area contributed by atoms with Gasteiger partial charge < -0.3 is 0 Å². The molecule has 0 saturated carbocycles. The first kappa shape index (κ1) is 13.4. The Morgan fingerprint density at radius 2 is 1.25 bits per heavy atom. The van der Waals surface area contributed by atoms with Crippen molar-refractivity contribution in [1.29, 1.82) is 0 Å². The van der Waals surface area contributed by atoms with Gasteiger partial charge in [0.05, 0.1) is 0 Å². The van der Waals surface area contributed by atoms with E-state index in [2.05, 4.69) is 62.4 Å². The van der Waals surface area contributed by atoms with Crippen molar-refractivity contribution in [3.63, 3.8) is 0 Å². The average Bonchev–Trinajstić information content (AvgIpc) is 2.78. The van der Waals surface area contributed by atoms with Gasteiger partial charge in [0.1, 0.15) is 0 Å². The molecule has 1 aliphatic carbocycles. The summed E-state index contributed by atoms with van der Waals surface area (Å²) in [6.07, 6.45) is 6.37. The van der Waals surface area contributed by atoms with Crippen LogP contribution in [-0.2, 0) is 5.41 Å². The minimum Gasteiger partial charge on any atom is -0.0654 e. The van der Waals surface area contributed by atoms with E-state index in [0.717, 1.165) is 0 Å². The highest BCUT2D eigenvalue weighted by Gasteiger charge is 2.41. The third-order valence-corrected chi connectivity index (χ3v) is 4.81. The Hall–Kier alpha value is -1.56. The summed E-state index contributed by atoms with van der Waals surface area (Å²) in [6.45, 7) is 4.61. The van der Waals surface area contributed by atoms with Gasteiger partial charge in [0, 0.05) is 5.41 Å². The number of hydrogen-bond donors (Lipinski definition) is 0. The second-order valence-electron chi connectivity index (χ2n) is 6.03. The first-order valence-electron chi connectivity index (χ1n) is 8.03. The second kappa shape index (κ2) is 5.44. The van der Waals surface area contributed by atoms with E-state index in [1.807, 2.05) is 0 Å². The van der Waals surface area contributed by atoms with E-state index in [1.54, 1.807) is 11.1 Å². The van der Waals surface area contributed by atoms with Crippen molar-refractivity contribution in [3.8, 4) is 11.1 Å². The van der Waals surface area contributed by atoms with Gasteiger partial charge in [-0.2, -0.15) is 0 Å². The Kier molecular flexibility index (Phi) is 3.65. The van der Waals surface area contributed by atoms with E-state index in [4.69, 9.17) is 0 Å². The van der Waals surface area contributed by atoms with Crippen LogP contribution in [0.1, 0.15) is 57.1 Å². The normalized spacial score (nSPS) is 14.9. The summed E-state index contributed by atoms with van der Waals surface area (Å²) in [5.74, 6) is 0. The van der Waals surface area contributed by atoms with Crippen molar-refractivity contribution in [1.82, 2.24) is 0 Å². The summed E-state index contributed by atoms with van der Waals surface area (Å²) in [4.78, 5) is 0. The molecule has 0 heteroatoms. The van der Waals surface area contributed by atoms with Crippen LogP contribution in [0.3, 0.4) is 0 Å². The van der Waals surface area contributed by atoms with Crippen LogP contribution < -0.4 is 0 Å². The van der Waals surface area contributed by atoms with E-state index in [-0.39, 0.29) is 5.41 Å². The molecule has 104 valence electrons. The molecule has 0 bridgehead atoms. The standard InChI is InChI=1S/C20H24/c1-3-5-15-20(14-4-2)18-12-8-6-10-16(18)17-11-7-9-13-19(17)20/h6-13H,3-5,14-15H2,1-2H3. The minimum absolute atomic E-state index is 0.262. The maximum Gasteiger partial charge on any atom is 0.0215 e. The van der Waals surface area contributed by atoms with Gasteiger partial charge >= 0.3 is 0 Å². The molecule has 1 aliphatic rings. The Balaban J connectivity index is 2.21. The topological polar surface area (TPSA) is 0 Å². The van der Waals surface area contributed by atoms with Crippen LogP contribution in [0.2, 0.25) is 0 Å². The summed E-state index contributed by atoms with van der Waals surface area (Å²) in [5, 5.41) is 0. The SMILES string of the molecule is CCCCC1(CCC)c2ccccc2-c2ccccc21. The predicted molar refractivity (Wildman–Crippen MR) is 87.1 cm³/mol. The highest BCUT2D eigenvalue weighted by molar-refractivity contribution is 5.80. The fourth-order valence-corrected chi connectivity index (χ4v) is 3.98. The summed E-state index contributed by atoms with van der Waals surface area (Å²) in [5.41, 5.74) is 6.33. The van der Waals surface area contributed by atoms with Crippen LogP contribution in [0.5, 0.6) is 0 Å². The van der Waals surface area contributed by atoms with Gasteiger partial charge in [-0.3, -0.25) is 0 Å². The average molecular weight is 264 g/mol. The number of unbranched alkanes of at least 4 members (excludes halogenated alkanes) is 1. The fourth-order valence-electron chi connectivity index (χ4n) is 3.98. The molecular weight excluding hydrogens is 240 g/mol. The van der Waals surface area contributed by atoms with E-state index >= 15 is 0 Å². The van der Waals surface area contributed by atoms with Crippen molar-refractivity contribution in [3.05, 3.63) is 59.7 Å². The molecule has 0 saturated heterocycles. The molecule has 0 aliphatic heterocycles. The first-order valence-corrected chi connectivity index (χ1v) is 8.03. The summed E-state index contributed by atoms with van der Waals surface area (Å²) in [6, 6.07) is 18.1. The zero-order chi connectivity index (χ0) is 14.0. The minimum atomic E-state index is 0.262. The molecule has 0 spiro atoms. The Labute approximate surface area is 122 Å². The third kappa shape index (κ3) is 1.90. The van der Waals surface area contributed by atoms with Crippen molar-refractivity contribution in [2.75, 3.05) is 0 Å². The number of hydrogen-bond acceptors (Lipinski definition) is 0. The molecule has 0 radical (unpaired) electrons. The molecule has 0 atom stereocenters. The maximum absolute atomic E-state index is 2.36. The predicted octanol–water partition coefficient (Wildman–Crippen LogP) is 5.94. The molecule has 0 aromatic heterocycles. The highest BCUT2D eigenvalue weighted by Crippen LogP contribution is 2.53. The van der Waals surface area contributed by atoms with Gasteiger partial charge in [-0.25, -0.2) is 0 Å². The molecule has 3 rings (SSSR count). The largest absolute Gasteiger partial charge is 0.0654 e. The quantitative estimate of drug-likeness (QED) is 0.626. The number of fused-ring (bicyclic) bond motifs is 3. The van der Waals surface area contributed by atoms with Crippen LogP contribution >= 0.6 is 0 Å². The molecular formula is C20H24. The molecule has 2 aromatic rings. The lowest BCUT2D eigenvalue weighted by atomic mass is 9.71. The second-order valence-corrected chi connectivity index (χ2v) is 6.03. The van der Waals surface area contributed by atoms with Crippen LogP contribution in [0, 0.1) is 0 Å². The molecule has 2 aromatic carbocycles. The van der Waals surface area contributed by atoms with Crippen molar-refractivity contribution in [2.45, 2.75) is 51.4 Å². The summed E-state index contributed by atoms with van der Waals surface area (Å²) in [7, 11) is 0. The lowest BCUT2D eigenvalue weighted by Gasteiger charge is -2.32. The molecule has 0 heterocycles. The zero-order valence-electron chi connectivity index (χ0n) is 12.7.